The number of methoxy groups -OCH3 is 1. The van der Waals surface area contributed by atoms with Crippen LogP contribution in [-0.4, -0.2) is 52.7 Å². The lowest BCUT2D eigenvalue weighted by Gasteiger charge is -2.24. The first-order valence-corrected chi connectivity index (χ1v) is 11.6. The van der Waals surface area contributed by atoms with E-state index in [2.05, 4.69) is 10.3 Å². The summed E-state index contributed by atoms with van der Waals surface area (Å²) in [5, 5.41) is 13.3. The first-order chi connectivity index (χ1) is 17.4. The molecule has 4 rings (SSSR count). The number of hydrogen-bond acceptors (Lipinski definition) is 6. The number of halogens is 1. The molecule has 0 saturated carbocycles. The van der Waals surface area contributed by atoms with E-state index in [0.717, 1.165) is 27.9 Å². The number of nitrogens with zero attached hydrogens (tertiary/aromatic N) is 2. The zero-order valence-electron chi connectivity index (χ0n) is 20.1. The first-order valence-electron chi connectivity index (χ1n) is 11.6. The minimum atomic E-state index is -1.65. The minimum Gasteiger partial charge on any atom is -0.493 e. The summed E-state index contributed by atoms with van der Waals surface area (Å²) >= 11 is 0. The number of pyridine rings is 1. The average molecular weight is 494 g/mol. The summed E-state index contributed by atoms with van der Waals surface area (Å²) in [5.74, 6) is -1.11. The molecule has 1 aromatic heterocycles. The van der Waals surface area contributed by atoms with Gasteiger partial charge in [0.05, 0.1) is 18.8 Å². The summed E-state index contributed by atoms with van der Waals surface area (Å²) in [6.07, 6.45) is -1.36. The van der Waals surface area contributed by atoms with Crippen molar-refractivity contribution in [2.45, 2.75) is 38.8 Å². The lowest BCUT2D eigenvalue weighted by molar-refractivity contribution is -0.155. The first kappa shape index (κ1) is 25.3. The fraction of sp³-hybridized carbons (Fsp3) is 0.296. The van der Waals surface area contributed by atoms with Gasteiger partial charge in [-0.15, -0.1) is 0 Å². The van der Waals surface area contributed by atoms with Gasteiger partial charge in [0, 0.05) is 38.0 Å². The van der Waals surface area contributed by atoms with E-state index in [1.165, 1.54) is 24.1 Å². The van der Waals surface area contributed by atoms with E-state index >= 15 is 0 Å². The van der Waals surface area contributed by atoms with Crippen LogP contribution in [0.3, 0.4) is 0 Å². The van der Waals surface area contributed by atoms with Crippen molar-refractivity contribution in [2.75, 3.05) is 13.7 Å². The molecule has 0 fully saturated rings. The normalized spacial score (nSPS) is 14.2. The van der Waals surface area contributed by atoms with Gasteiger partial charge in [-0.3, -0.25) is 14.6 Å². The maximum absolute atomic E-state index is 13.6. The van der Waals surface area contributed by atoms with Gasteiger partial charge in [-0.05, 0) is 41.8 Å². The van der Waals surface area contributed by atoms with Crippen molar-refractivity contribution in [3.63, 3.8) is 0 Å². The van der Waals surface area contributed by atoms with Crippen molar-refractivity contribution in [3.05, 3.63) is 83.4 Å². The Morgan fingerprint density at radius 1 is 1.17 bits per heavy atom. The number of aromatic nitrogens is 1. The van der Waals surface area contributed by atoms with Gasteiger partial charge in [0.1, 0.15) is 11.6 Å². The van der Waals surface area contributed by atoms with E-state index in [-0.39, 0.29) is 18.9 Å². The van der Waals surface area contributed by atoms with Gasteiger partial charge in [0.15, 0.2) is 12.2 Å². The van der Waals surface area contributed by atoms with E-state index in [1.54, 1.807) is 18.3 Å². The van der Waals surface area contributed by atoms with Gasteiger partial charge in [0.25, 0.3) is 11.8 Å². The van der Waals surface area contributed by atoms with Crippen molar-refractivity contribution in [2.24, 2.45) is 0 Å². The minimum absolute atomic E-state index is 0.167. The van der Waals surface area contributed by atoms with E-state index in [4.69, 9.17) is 9.47 Å². The number of rotatable bonds is 9. The predicted molar refractivity (Wildman–Crippen MR) is 130 cm³/mol. The van der Waals surface area contributed by atoms with Crippen LogP contribution in [-0.2, 0) is 34.0 Å². The smallest absolute Gasteiger partial charge is 0.255 e. The molecule has 2 heterocycles. The van der Waals surface area contributed by atoms with Crippen molar-refractivity contribution < 1.29 is 28.6 Å². The maximum atomic E-state index is 13.6. The topological polar surface area (TPSA) is 101 Å². The number of carbonyl (C=O) groups excluding carboxylic acids is 2. The Morgan fingerprint density at radius 2 is 1.94 bits per heavy atom. The van der Waals surface area contributed by atoms with Crippen LogP contribution >= 0.6 is 0 Å². The Morgan fingerprint density at radius 3 is 2.64 bits per heavy atom. The third-order valence-corrected chi connectivity index (χ3v) is 6.03. The number of benzene rings is 2. The highest BCUT2D eigenvalue weighted by Gasteiger charge is 2.37. The molecule has 0 saturated heterocycles. The zero-order chi connectivity index (χ0) is 25.7. The predicted octanol–water partition coefficient (Wildman–Crippen LogP) is 2.82. The van der Waals surface area contributed by atoms with Gasteiger partial charge >= 0.3 is 0 Å². The highest BCUT2D eigenvalue weighted by Crippen LogP contribution is 2.31. The van der Waals surface area contributed by atoms with E-state index in [9.17, 15) is 19.1 Å². The van der Waals surface area contributed by atoms with Gasteiger partial charge in [-0.25, -0.2) is 4.39 Å². The second-order valence-corrected chi connectivity index (χ2v) is 8.39. The highest BCUT2D eigenvalue weighted by atomic mass is 19.1. The Balaban J connectivity index is 1.36. The average Bonchev–Trinajstić information content (AvgIpc) is 3.32. The Kier molecular flexibility index (Phi) is 7.92. The van der Waals surface area contributed by atoms with Crippen molar-refractivity contribution in [3.8, 4) is 16.9 Å². The molecule has 9 heteroatoms. The van der Waals surface area contributed by atoms with Crippen LogP contribution in [0.4, 0.5) is 4.39 Å². The molecule has 2 atom stereocenters. The largest absolute Gasteiger partial charge is 0.493 e. The SMILES string of the molecule is CCOc1cc(F)ccc1-c1ccc(CNC(=O)[C@H](OC)[C@@H](O)C(=O)N2Cc3cccnc3C2)cc1. The van der Waals surface area contributed by atoms with Crippen LogP contribution in [0.25, 0.3) is 11.1 Å². The van der Waals surface area contributed by atoms with E-state index in [0.29, 0.717) is 18.9 Å². The zero-order valence-corrected chi connectivity index (χ0v) is 20.1. The molecule has 2 N–H and O–H groups in total. The number of aliphatic hydroxyl groups excluding tert-OH is 1. The quantitative estimate of drug-likeness (QED) is 0.476. The fourth-order valence-electron chi connectivity index (χ4n) is 4.15. The maximum Gasteiger partial charge on any atom is 0.255 e. The van der Waals surface area contributed by atoms with Crippen LogP contribution < -0.4 is 10.1 Å². The fourth-order valence-corrected chi connectivity index (χ4v) is 4.15. The lowest BCUT2D eigenvalue weighted by atomic mass is 10.0. The van der Waals surface area contributed by atoms with Crippen LogP contribution in [0, 0.1) is 5.82 Å². The second kappa shape index (κ2) is 11.3. The molecule has 8 nitrogen and oxygen atoms in total. The number of hydrogen-bond donors (Lipinski definition) is 2. The van der Waals surface area contributed by atoms with E-state index in [1.807, 2.05) is 37.3 Å². The summed E-state index contributed by atoms with van der Waals surface area (Å²) in [7, 11) is 1.27. The molecular weight excluding hydrogens is 465 g/mol. The lowest BCUT2D eigenvalue weighted by Crippen LogP contribution is -2.50. The molecule has 3 aromatic rings. The molecule has 0 unspecified atom stereocenters. The molecule has 1 aliphatic heterocycles. The second-order valence-electron chi connectivity index (χ2n) is 8.39. The van der Waals surface area contributed by atoms with Crippen molar-refractivity contribution in [1.29, 1.82) is 0 Å². The monoisotopic (exact) mass is 493 g/mol. The standard InChI is InChI=1S/C27H28FN3O5/c1-3-36-23-13-20(28)10-11-21(23)18-8-6-17(7-9-18)14-30-26(33)25(35-2)24(32)27(34)31-15-19-5-4-12-29-22(19)16-31/h4-13,24-25,32H,3,14-16H2,1-2H3,(H,30,33)/t24-,25-/m1/s1. The van der Waals surface area contributed by atoms with Crippen molar-refractivity contribution >= 4 is 11.8 Å². The van der Waals surface area contributed by atoms with Crippen LogP contribution in [0.15, 0.2) is 60.8 Å². The molecule has 36 heavy (non-hydrogen) atoms. The molecule has 1 aliphatic rings. The van der Waals surface area contributed by atoms with Gasteiger partial charge in [0.2, 0.25) is 0 Å². The number of carbonyl (C=O) groups is 2. The summed E-state index contributed by atoms with van der Waals surface area (Å²) in [5.41, 5.74) is 4.08. The highest BCUT2D eigenvalue weighted by molar-refractivity contribution is 5.91. The van der Waals surface area contributed by atoms with Crippen LogP contribution in [0.2, 0.25) is 0 Å². The molecule has 0 bridgehead atoms. The van der Waals surface area contributed by atoms with Gasteiger partial charge < -0.3 is 24.8 Å². The molecule has 188 valence electrons. The van der Waals surface area contributed by atoms with Crippen LogP contribution in [0.1, 0.15) is 23.7 Å². The Bertz CT molecular complexity index is 1210. The molecule has 2 aromatic carbocycles. The summed E-state index contributed by atoms with van der Waals surface area (Å²) in [4.78, 5) is 31.2. The molecule has 0 spiro atoms. The summed E-state index contributed by atoms with van der Waals surface area (Å²) in [6, 6.07) is 15.4. The Hall–Kier alpha value is -3.82. The van der Waals surface area contributed by atoms with Gasteiger partial charge in [-0.1, -0.05) is 30.3 Å². The third kappa shape index (κ3) is 5.53. The number of amides is 2. The van der Waals surface area contributed by atoms with E-state index < -0.39 is 24.0 Å². The van der Waals surface area contributed by atoms with Gasteiger partial charge in [-0.2, -0.15) is 0 Å². The Labute approximate surface area is 208 Å². The number of aliphatic hydroxyl groups is 1. The molecule has 2 amide bonds. The molecule has 0 radical (unpaired) electrons. The van der Waals surface area contributed by atoms with Crippen LogP contribution in [0.5, 0.6) is 5.75 Å². The molecule has 0 aliphatic carbocycles. The number of ether oxygens (including phenoxy) is 2. The number of nitrogens with one attached hydrogen (secondary N) is 1. The summed E-state index contributed by atoms with van der Waals surface area (Å²) < 4.78 is 24.3. The third-order valence-electron chi connectivity index (χ3n) is 6.03. The molecular formula is C27H28FN3O5. The van der Waals surface area contributed by atoms with Crippen molar-refractivity contribution in [1.82, 2.24) is 15.2 Å². The number of fused-ring (bicyclic) bond motifs is 1. The summed E-state index contributed by atoms with van der Waals surface area (Å²) in [6.45, 7) is 3.01.